The second kappa shape index (κ2) is 9.44. The summed E-state index contributed by atoms with van der Waals surface area (Å²) in [5, 5.41) is 0. The van der Waals surface area contributed by atoms with Gasteiger partial charge in [-0.15, -0.1) is 0 Å². The number of likely N-dealkylation sites (tertiary alicyclic amines) is 1. The molecule has 0 radical (unpaired) electrons. The van der Waals surface area contributed by atoms with Crippen molar-refractivity contribution in [1.82, 2.24) is 4.90 Å². The van der Waals surface area contributed by atoms with E-state index in [1.807, 2.05) is 17.9 Å². The number of piperidine rings is 1. The molecule has 0 unspecified atom stereocenters. The number of sulfonamides is 1. The van der Waals surface area contributed by atoms with Crippen molar-refractivity contribution < 1.29 is 13.2 Å². The fourth-order valence-electron chi connectivity index (χ4n) is 3.94. The molecule has 0 atom stereocenters. The Kier molecular flexibility index (Phi) is 6.96. The van der Waals surface area contributed by atoms with Crippen LogP contribution >= 0.6 is 0 Å². The lowest BCUT2D eigenvalue weighted by atomic mass is 9.90. The van der Waals surface area contributed by atoms with Gasteiger partial charge in [0.25, 0.3) is 5.91 Å². The maximum atomic E-state index is 12.9. The molecular formula is C23H30N2O3S. The van der Waals surface area contributed by atoms with Gasteiger partial charge in [0.2, 0.25) is 10.0 Å². The molecule has 1 aliphatic rings. The van der Waals surface area contributed by atoms with Gasteiger partial charge in [0.1, 0.15) is 0 Å². The number of hydrogen-bond donors (Lipinski definition) is 0. The molecule has 1 saturated heterocycles. The highest BCUT2D eigenvalue weighted by Crippen LogP contribution is 2.24. The molecule has 2 aromatic carbocycles. The van der Waals surface area contributed by atoms with Gasteiger partial charge in [-0.3, -0.25) is 9.10 Å². The fourth-order valence-corrected chi connectivity index (χ4v) is 5.08. The highest BCUT2D eigenvalue weighted by atomic mass is 32.2. The van der Waals surface area contributed by atoms with Crippen LogP contribution in [0.3, 0.4) is 0 Å². The van der Waals surface area contributed by atoms with Gasteiger partial charge in [-0.05, 0) is 68.9 Å². The third-order valence-corrected chi connectivity index (χ3v) is 7.53. The molecule has 0 aromatic heterocycles. The molecule has 1 fully saturated rings. The molecule has 0 N–H and O–H groups in total. The van der Waals surface area contributed by atoms with Crippen LogP contribution in [0.25, 0.3) is 0 Å². The second-order valence-corrected chi connectivity index (χ2v) is 9.72. The topological polar surface area (TPSA) is 57.7 Å². The van der Waals surface area contributed by atoms with Crippen LogP contribution in [-0.2, 0) is 16.4 Å². The van der Waals surface area contributed by atoms with Crippen molar-refractivity contribution in [2.24, 2.45) is 5.92 Å². The van der Waals surface area contributed by atoms with E-state index < -0.39 is 10.0 Å². The van der Waals surface area contributed by atoms with Crippen molar-refractivity contribution in [3.63, 3.8) is 0 Å². The Morgan fingerprint density at radius 2 is 1.62 bits per heavy atom. The van der Waals surface area contributed by atoms with E-state index in [0.717, 1.165) is 32.4 Å². The number of nitrogens with zero attached hydrogens (tertiary/aromatic N) is 2. The number of carbonyl (C=O) groups is 1. The van der Waals surface area contributed by atoms with Crippen molar-refractivity contribution in [3.8, 4) is 0 Å². The molecular weight excluding hydrogens is 384 g/mol. The quantitative estimate of drug-likeness (QED) is 0.689. The van der Waals surface area contributed by atoms with Gasteiger partial charge in [-0.1, -0.05) is 30.3 Å². The van der Waals surface area contributed by atoms with Crippen LogP contribution in [0.1, 0.15) is 42.6 Å². The van der Waals surface area contributed by atoms with E-state index in [0.29, 0.717) is 23.7 Å². The maximum Gasteiger partial charge on any atom is 0.253 e. The molecule has 5 nitrogen and oxygen atoms in total. The van der Waals surface area contributed by atoms with Crippen LogP contribution in [0.4, 0.5) is 5.69 Å². The van der Waals surface area contributed by atoms with Crippen LogP contribution in [-0.4, -0.2) is 44.6 Å². The highest BCUT2D eigenvalue weighted by molar-refractivity contribution is 7.92. The summed E-state index contributed by atoms with van der Waals surface area (Å²) in [6.45, 7) is 5.36. The molecule has 0 bridgehead atoms. The molecule has 6 heteroatoms. The van der Waals surface area contributed by atoms with Crippen molar-refractivity contribution in [2.75, 3.05) is 29.7 Å². The number of carbonyl (C=O) groups excluding carboxylic acids is 1. The minimum Gasteiger partial charge on any atom is -0.339 e. The maximum absolute atomic E-state index is 12.9. The summed E-state index contributed by atoms with van der Waals surface area (Å²) in [7, 11) is -3.31. The molecule has 0 aliphatic carbocycles. The average molecular weight is 415 g/mol. The van der Waals surface area contributed by atoms with Crippen LogP contribution in [0.2, 0.25) is 0 Å². The zero-order valence-electron chi connectivity index (χ0n) is 17.3. The Morgan fingerprint density at radius 3 is 2.17 bits per heavy atom. The third kappa shape index (κ3) is 5.18. The SMILES string of the molecule is CCN(c1ccc(C(=O)N2CCC(Cc3ccccc3)CC2)cc1)S(=O)(=O)CC. The predicted molar refractivity (Wildman–Crippen MR) is 118 cm³/mol. The van der Waals surface area contributed by atoms with E-state index >= 15 is 0 Å². The minimum absolute atomic E-state index is 0.0242. The number of rotatable bonds is 7. The lowest BCUT2D eigenvalue weighted by Gasteiger charge is -2.32. The fraction of sp³-hybridized carbons (Fsp3) is 0.435. The molecule has 3 rings (SSSR count). The van der Waals surface area contributed by atoms with E-state index in [2.05, 4.69) is 24.3 Å². The summed E-state index contributed by atoms with van der Waals surface area (Å²) >= 11 is 0. The summed E-state index contributed by atoms with van der Waals surface area (Å²) in [5.41, 5.74) is 2.57. The van der Waals surface area contributed by atoms with Gasteiger partial charge in [0.15, 0.2) is 0 Å². The van der Waals surface area contributed by atoms with Gasteiger partial charge in [0.05, 0.1) is 11.4 Å². The molecule has 29 heavy (non-hydrogen) atoms. The zero-order valence-corrected chi connectivity index (χ0v) is 18.1. The van der Waals surface area contributed by atoms with Gasteiger partial charge < -0.3 is 4.90 Å². The summed E-state index contributed by atoms with van der Waals surface area (Å²) in [6.07, 6.45) is 3.09. The van der Waals surface area contributed by atoms with E-state index in [-0.39, 0.29) is 11.7 Å². The first kappa shape index (κ1) is 21.4. The lowest BCUT2D eigenvalue weighted by molar-refractivity contribution is 0.0690. The van der Waals surface area contributed by atoms with E-state index in [1.54, 1.807) is 31.2 Å². The standard InChI is InChI=1S/C23H30N2O3S/c1-3-25(29(27,28)4-2)22-12-10-21(11-13-22)23(26)24-16-14-20(15-17-24)18-19-8-6-5-7-9-19/h5-13,20H,3-4,14-18H2,1-2H3. The van der Waals surface area contributed by atoms with Gasteiger partial charge >= 0.3 is 0 Å². The van der Waals surface area contributed by atoms with E-state index in [4.69, 9.17) is 0 Å². The van der Waals surface area contributed by atoms with Crippen LogP contribution < -0.4 is 4.31 Å². The first-order valence-corrected chi connectivity index (χ1v) is 12.0. The molecule has 0 saturated carbocycles. The molecule has 1 amide bonds. The monoisotopic (exact) mass is 414 g/mol. The first-order valence-electron chi connectivity index (χ1n) is 10.4. The molecule has 156 valence electrons. The largest absolute Gasteiger partial charge is 0.339 e. The molecule has 1 aliphatic heterocycles. The van der Waals surface area contributed by atoms with Gasteiger partial charge in [-0.2, -0.15) is 0 Å². The lowest BCUT2D eigenvalue weighted by Crippen LogP contribution is -2.39. The number of amides is 1. The normalized spacial score (nSPS) is 15.3. The van der Waals surface area contributed by atoms with Gasteiger partial charge in [0, 0.05) is 25.2 Å². The minimum atomic E-state index is -3.31. The Balaban J connectivity index is 1.60. The van der Waals surface area contributed by atoms with Crippen molar-refractivity contribution in [2.45, 2.75) is 33.1 Å². The van der Waals surface area contributed by atoms with Crippen molar-refractivity contribution in [3.05, 3.63) is 65.7 Å². The smallest absolute Gasteiger partial charge is 0.253 e. The summed E-state index contributed by atoms with van der Waals surface area (Å²) < 4.78 is 25.8. The number of hydrogen-bond acceptors (Lipinski definition) is 3. The summed E-state index contributed by atoms with van der Waals surface area (Å²) in [6, 6.07) is 17.4. The Labute approximate surface area is 174 Å². The predicted octanol–water partition coefficient (Wildman–Crippen LogP) is 3.96. The van der Waals surface area contributed by atoms with E-state index in [1.165, 1.54) is 9.87 Å². The number of benzene rings is 2. The van der Waals surface area contributed by atoms with Crippen LogP contribution in [0, 0.1) is 5.92 Å². The second-order valence-electron chi connectivity index (χ2n) is 7.54. The number of anilines is 1. The molecule has 1 heterocycles. The van der Waals surface area contributed by atoms with Crippen LogP contribution in [0.5, 0.6) is 0 Å². The molecule has 0 spiro atoms. The summed E-state index contributed by atoms with van der Waals surface area (Å²) in [4.78, 5) is 14.8. The molecule has 2 aromatic rings. The third-order valence-electron chi connectivity index (χ3n) is 5.66. The van der Waals surface area contributed by atoms with Crippen molar-refractivity contribution in [1.29, 1.82) is 0 Å². The van der Waals surface area contributed by atoms with Gasteiger partial charge in [-0.25, -0.2) is 8.42 Å². The Hall–Kier alpha value is -2.34. The summed E-state index contributed by atoms with van der Waals surface area (Å²) in [5.74, 6) is 0.691. The van der Waals surface area contributed by atoms with E-state index in [9.17, 15) is 13.2 Å². The highest BCUT2D eigenvalue weighted by Gasteiger charge is 2.24. The van der Waals surface area contributed by atoms with Crippen molar-refractivity contribution >= 4 is 21.6 Å². The van der Waals surface area contributed by atoms with Crippen LogP contribution in [0.15, 0.2) is 54.6 Å². The zero-order chi connectivity index (χ0) is 20.9. The average Bonchev–Trinajstić information content (AvgIpc) is 2.75. The first-order chi connectivity index (χ1) is 13.9. The Morgan fingerprint density at radius 1 is 1.00 bits per heavy atom. The Bertz CT molecular complexity index is 903.